The van der Waals surface area contributed by atoms with Crippen LogP contribution in [0.25, 0.3) is 11.3 Å². The minimum atomic E-state index is -3.01. The van der Waals surface area contributed by atoms with Crippen molar-refractivity contribution in [3.05, 3.63) is 77.0 Å². The van der Waals surface area contributed by atoms with Gasteiger partial charge in [-0.3, -0.25) is 4.98 Å². The first-order chi connectivity index (χ1) is 16.7. The fraction of sp³-hybridized carbons (Fsp3) is 0.308. The van der Waals surface area contributed by atoms with E-state index in [9.17, 15) is 22.0 Å². The second-order valence-corrected chi connectivity index (χ2v) is 6.56. The summed E-state index contributed by atoms with van der Waals surface area (Å²) in [5, 5.41) is 9.05. The molecule has 0 saturated heterocycles. The predicted octanol–water partition coefficient (Wildman–Crippen LogP) is 6.82. The van der Waals surface area contributed by atoms with Crippen molar-refractivity contribution in [3.63, 3.8) is 0 Å². The molecule has 3 aromatic rings. The molecule has 3 rings (SSSR count). The summed E-state index contributed by atoms with van der Waals surface area (Å²) in [6.45, 7) is 3.38. The van der Waals surface area contributed by atoms with Gasteiger partial charge in [0.2, 0.25) is 6.43 Å². The lowest BCUT2D eigenvalue weighted by Gasteiger charge is -2.13. The molecule has 1 aromatic carbocycles. The van der Waals surface area contributed by atoms with Crippen molar-refractivity contribution in [2.45, 2.75) is 53.8 Å². The zero-order valence-corrected chi connectivity index (χ0v) is 20.0. The first-order valence-electron chi connectivity index (χ1n) is 10.6. The molecule has 4 nitrogen and oxygen atoms in total. The Hall–Kier alpha value is -3.51. The maximum atomic E-state index is 13.8. The van der Waals surface area contributed by atoms with Crippen molar-refractivity contribution < 1.29 is 31.8 Å². The number of rotatable bonds is 6. The topological polar surface area (TPSA) is 55.2 Å². The average Bonchev–Trinajstić information content (AvgIpc) is 2.82. The van der Waals surface area contributed by atoms with Crippen LogP contribution in [0.15, 0.2) is 48.7 Å². The lowest BCUT2D eigenvalue weighted by molar-refractivity contribution is -0.0496. The van der Waals surface area contributed by atoms with Gasteiger partial charge in [-0.25, -0.2) is 18.2 Å². The highest BCUT2D eigenvalue weighted by atomic mass is 19.3. The average molecular weight is 497 g/mol. The number of aryl methyl sites for hydroxylation is 1. The third-order valence-electron chi connectivity index (χ3n) is 3.88. The summed E-state index contributed by atoms with van der Waals surface area (Å²) in [6.07, 6.45) is 7.85. The number of hydrogen-bond acceptors (Lipinski definition) is 4. The number of benzene rings is 1. The lowest BCUT2D eigenvalue weighted by Crippen LogP contribution is -2.06. The van der Waals surface area contributed by atoms with Crippen LogP contribution < -0.4 is 4.74 Å². The zero-order valence-electron chi connectivity index (χ0n) is 20.0. The van der Waals surface area contributed by atoms with Gasteiger partial charge < -0.3 is 9.84 Å². The summed E-state index contributed by atoms with van der Waals surface area (Å²) in [4.78, 5) is 8.52. The Kier molecular flexibility index (Phi) is 15.3. The third-order valence-corrected chi connectivity index (χ3v) is 3.88. The van der Waals surface area contributed by atoms with Gasteiger partial charge in [-0.15, -0.1) is 12.8 Å². The molecule has 35 heavy (non-hydrogen) atoms. The third kappa shape index (κ3) is 12.0. The van der Waals surface area contributed by atoms with Gasteiger partial charge in [0.05, 0.1) is 12.3 Å². The summed E-state index contributed by atoms with van der Waals surface area (Å²) >= 11 is 0. The van der Waals surface area contributed by atoms with Gasteiger partial charge >= 0.3 is 6.61 Å². The molecule has 2 heterocycles. The molecule has 2 aromatic heterocycles. The van der Waals surface area contributed by atoms with E-state index in [-0.39, 0.29) is 18.1 Å². The Balaban J connectivity index is 0.00000129. The van der Waals surface area contributed by atoms with Crippen molar-refractivity contribution in [3.8, 4) is 29.9 Å². The highest BCUT2D eigenvalue weighted by Gasteiger charge is 2.15. The van der Waals surface area contributed by atoms with E-state index in [4.69, 9.17) is 5.11 Å². The zero-order chi connectivity index (χ0) is 27.0. The number of aliphatic hydroxyl groups is 1. The molecule has 0 spiro atoms. The predicted molar refractivity (Wildman–Crippen MR) is 127 cm³/mol. The van der Waals surface area contributed by atoms with Gasteiger partial charge in [0.25, 0.3) is 0 Å². The molecule has 0 aliphatic carbocycles. The van der Waals surface area contributed by atoms with Gasteiger partial charge in [0.1, 0.15) is 11.5 Å². The Labute approximate surface area is 202 Å². The monoisotopic (exact) mass is 496 g/mol. The summed E-state index contributed by atoms with van der Waals surface area (Å²) in [5.41, 5.74) is 3.12. The van der Waals surface area contributed by atoms with E-state index in [1.165, 1.54) is 18.2 Å². The van der Waals surface area contributed by atoms with E-state index >= 15 is 0 Å². The minimum Gasteiger partial charge on any atom is -0.432 e. The van der Waals surface area contributed by atoms with Crippen molar-refractivity contribution >= 4 is 0 Å². The number of alkyl halides is 4. The number of aromatic nitrogens is 2. The number of ether oxygens (including phenoxy) is 1. The van der Waals surface area contributed by atoms with Crippen LogP contribution in [0.4, 0.5) is 22.0 Å². The highest BCUT2D eigenvalue weighted by molar-refractivity contribution is 5.67. The van der Waals surface area contributed by atoms with Crippen molar-refractivity contribution in [1.82, 2.24) is 9.97 Å². The standard InChI is InChI=1S/C20H17F3N2O2.C2H4F2.C2H6.C2H2/c1-12-6-14(9-15(21)7-12)19-18(27-20(22)23)5-4-16(25-19)8-13-2-3-17(11-26)24-10-13;1-2(3)4;2*1-2/h2-7,9-10,20,26H,8,11H2,1H3;2H,1H3;1-2H3;1-2H. The molecule has 0 fully saturated rings. The van der Waals surface area contributed by atoms with Gasteiger partial charge in [-0.05, 0) is 61.4 Å². The molecule has 0 atom stereocenters. The number of halogens is 5. The van der Waals surface area contributed by atoms with Crippen LogP contribution in [0.5, 0.6) is 5.75 Å². The Morgan fingerprint density at radius 2 is 1.57 bits per heavy atom. The number of aliphatic hydroxyl groups excluding tert-OH is 1. The molecule has 9 heteroatoms. The lowest BCUT2D eigenvalue weighted by atomic mass is 10.1. The second-order valence-electron chi connectivity index (χ2n) is 6.56. The van der Waals surface area contributed by atoms with E-state index in [0.717, 1.165) is 12.5 Å². The molecule has 190 valence electrons. The van der Waals surface area contributed by atoms with Gasteiger partial charge in [0.15, 0.2) is 5.75 Å². The van der Waals surface area contributed by atoms with E-state index in [1.807, 2.05) is 13.8 Å². The summed E-state index contributed by atoms with van der Waals surface area (Å²) in [6, 6.07) is 10.7. The number of hydrogen-bond donors (Lipinski definition) is 1. The van der Waals surface area contributed by atoms with Crippen LogP contribution in [0, 0.1) is 25.6 Å². The SMILES string of the molecule is C#C.CC.CC(F)F.Cc1cc(F)cc(-c2nc(Cc3ccc(CO)nc3)ccc2OC(F)F)c1. The maximum Gasteiger partial charge on any atom is 0.387 e. The maximum absolute atomic E-state index is 13.8. The molecule has 0 aliphatic heterocycles. The van der Waals surface area contributed by atoms with Gasteiger partial charge in [-0.2, -0.15) is 8.78 Å². The Morgan fingerprint density at radius 3 is 2.06 bits per heavy atom. The van der Waals surface area contributed by atoms with E-state index in [1.54, 1.807) is 37.4 Å². The van der Waals surface area contributed by atoms with Crippen LogP contribution in [0.2, 0.25) is 0 Å². The van der Waals surface area contributed by atoms with E-state index < -0.39 is 18.9 Å². The number of pyridine rings is 2. The Morgan fingerprint density at radius 1 is 0.971 bits per heavy atom. The van der Waals surface area contributed by atoms with Gasteiger partial charge in [0, 0.05) is 23.9 Å². The van der Waals surface area contributed by atoms with E-state index in [2.05, 4.69) is 27.6 Å². The molecule has 0 aliphatic rings. The highest BCUT2D eigenvalue weighted by Crippen LogP contribution is 2.31. The summed E-state index contributed by atoms with van der Waals surface area (Å²) < 4.78 is 64.5. The van der Waals surface area contributed by atoms with Crippen LogP contribution in [-0.4, -0.2) is 28.1 Å². The van der Waals surface area contributed by atoms with Gasteiger partial charge in [-0.1, -0.05) is 19.9 Å². The van der Waals surface area contributed by atoms with E-state index in [0.29, 0.717) is 28.9 Å². The number of terminal acetylenes is 1. The van der Waals surface area contributed by atoms with Crippen molar-refractivity contribution in [2.75, 3.05) is 0 Å². The summed E-state index contributed by atoms with van der Waals surface area (Å²) in [7, 11) is 0. The van der Waals surface area contributed by atoms with Crippen molar-refractivity contribution in [1.29, 1.82) is 0 Å². The quantitative estimate of drug-likeness (QED) is 0.301. The molecule has 0 radical (unpaired) electrons. The van der Waals surface area contributed by atoms with Crippen LogP contribution in [-0.2, 0) is 13.0 Å². The molecule has 0 unspecified atom stereocenters. The second kappa shape index (κ2) is 17.0. The molecule has 0 amide bonds. The molecular formula is C26H29F5N2O2. The fourth-order valence-corrected chi connectivity index (χ4v) is 2.72. The normalized spacial score (nSPS) is 9.77. The molecule has 0 saturated carbocycles. The largest absolute Gasteiger partial charge is 0.432 e. The molecule has 0 bridgehead atoms. The molecule has 1 N–H and O–H groups in total. The van der Waals surface area contributed by atoms with Crippen LogP contribution in [0.3, 0.4) is 0 Å². The van der Waals surface area contributed by atoms with Crippen LogP contribution in [0.1, 0.15) is 43.3 Å². The minimum absolute atomic E-state index is 0.118. The summed E-state index contributed by atoms with van der Waals surface area (Å²) in [5.74, 6) is -0.600. The van der Waals surface area contributed by atoms with Crippen molar-refractivity contribution in [2.24, 2.45) is 0 Å². The molecular weight excluding hydrogens is 467 g/mol. The van der Waals surface area contributed by atoms with Crippen LogP contribution >= 0.6 is 0 Å². The Bertz CT molecular complexity index is 1000. The first-order valence-corrected chi connectivity index (χ1v) is 10.6. The first kappa shape index (κ1) is 31.5. The fourth-order valence-electron chi connectivity index (χ4n) is 2.72. The smallest absolute Gasteiger partial charge is 0.387 e. The number of nitrogens with zero attached hydrogens (tertiary/aromatic N) is 2.